The maximum atomic E-state index is 12.7. The number of aromatic nitrogens is 4. The third-order valence-corrected chi connectivity index (χ3v) is 4.07. The fraction of sp³-hybridized carbons (Fsp3) is 0.0952. The van der Waals surface area contributed by atoms with Crippen LogP contribution in [-0.4, -0.2) is 42.5 Å². The van der Waals surface area contributed by atoms with Gasteiger partial charge in [-0.3, -0.25) is 9.78 Å². The molecule has 0 unspecified atom stereocenters. The Morgan fingerprint density at radius 2 is 1.78 bits per heavy atom. The Morgan fingerprint density at radius 3 is 2.41 bits per heavy atom. The molecule has 1 amide bonds. The zero-order chi connectivity index (χ0) is 23.1. The van der Waals surface area contributed by atoms with Gasteiger partial charge in [0.2, 0.25) is 0 Å². The Morgan fingerprint density at radius 1 is 1.03 bits per heavy atom. The van der Waals surface area contributed by atoms with E-state index in [-0.39, 0.29) is 5.91 Å². The number of anilines is 1. The quantitative estimate of drug-likeness (QED) is 0.499. The van der Waals surface area contributed by atoms with Crippen molar-refractivity contribution in [2.75, 3.05) is 5.32 Å². The zero-order valence-corrected chi connectivity index (χ0v) is 16.3. The maximum absolute atomic E-state index is 12.7. The van der Waals surface area contributed by atoms with Crippen molar-refractivity contribution >= 4 is 23.2 Å². The molecule has 0 aliphatic heterocycles. The smallest absolute Gasteiger partial charge is 0.475 e. The fourth-order valence-corrected chi connectivity index (χ4v) is 2.69. The summed E-state index contributed by atoms with van der Waals surface area (Å²) in [5, 5.41) is 9.91. The second-order valence-electron chi connectivity index (χ2n) is 6.34. The van der Waals surface area contributed by atoms with Gasteiger partial charge in [0.1, 0.15) is 11.6 Å². The monoisotopic (exact) mass is 443 g/mol. The molecule has 2 N–H and O–H groups in total. The Kier molecular flexibility index (Phi) is 6.78. The number of nitrogens with zero attached hydrogens (tertiary/aromatic N) is 4. The Balaban J connectivity index is 0.000000360. The molecule has 4 heterocycles. The molecule has 0 bridgehead atoms. The van der Waals surface area contributed by atoms with E-state index in [0.29, 0.717) is 17.9 Å². The molecule has 8 nitrogen and oxygen atoms in total. The van der Waals surface area contributed by atoms with E-state index in [1.165, 1.54) is 0 Å². The average molecular weight is 443 g/mol. The first-order valence-electron chi connectivity index (χ1n) is 9.13. The molecule has 0 aromatic carbocycles. The molecule has 0 fully saturated rings. The molecule has 11 heteroatoms. The summed E-state index contributed by atoms with van der Waals surface area (Å²) in [4.78, 5) is 34.4. The Bertz CT molecular complexity index is 1210. The zero-order valence-electron chi connectivity index (χ0n) is 16.3. The van der Waals surface area contributed by atoms with Gasteiger partial charge >= 0.3 is 12.1 Å². The number of carboxylic acids is 1. The summed E-state index contributed by atoms with van der Waals surface area (Å²) in [7, 11) is 0. The highest BCUT2D eigenvalue weighted by Crippen LogP contribution is 2.17. The van der Waals surface area contributed by atoms with Crippen LogP contribution in [0.15, 0.2) is 73.3 Å². The molecule has 0 atom stereocenters. The minimum Gasteiger partial charge on any atom is -0.475 e. The number of imidazole rings is 1. The molecular formula is C21H16F3N5O3. The number of pyridine rings is 3. The highest BCUT2D eigenvalue weighted by atomic mass is 19.4. The van der Waals surface area contributed by atoms with Gasteiger partial charge in [-0.2, -0.15) is 13.2 Å². The highest BCUT2D eigenvalue weighted by molar-refractivity contribution is 6.07. The van der Waals surface area contributed by atoms with Crippen LogP contribution in [0.2, 0.25) is 0 Å². The first-order valence-corrected chi connectivity index (χ1v) is 9.13. The minimum absolute atomic E-state index is 0.278. The SMILES string of the molecule is O=C(Nc1ccccn1)c1nc(Cc2cccnc2)n2ccccc12.O=C(O)C(F)(F)F. The molecule has 4 rings (SSSR count). The molecule has 0 saturated carbocycles. The van der Waals surface area contributed by atoms with E-state index in [4.69, 9.17) is 9.90 Å². The second kappa shape index (κ2) is 9.69. The van der Waals surface area contributed by atoms with Gasteiger partial charge in [-0.05, 0) is 35.9 Å². The van der Waals surface area contributed by atoms with Gasteiger partial charge in [-0.1, -0.05) is 18.2 Å². The van der Waals surface area contributed by atoms with Crippen LogP contribution in [0.4, 0.5) is 19.0 Å². The van der Waals surface area contributed by atoms with E-state index in [9.17, 15) is 18.0 Å². The molecular weight excluding hydrogens is 427 g/mol. The van der Waals surface area contributed by atoms with Crippen LogP contribution in [0, 0.1) is 0 Å². The summed E-state index contributed by atoms with van der Waals surface area (Å²) in [5.41, 5.74) is 2.18. The van der Waals surface area contributed by atoms with E-state index in [1.54, 1.807) is 30.7 Å². The third-order valence-electron chi connectivity index (χ3n) is 4.07. The normalized spacial score (nSPS) is 10.8. The van der Waals surface area contributed by atoms with Crippen molar-refractivity contribution in [1.82, 2.24) is 19.4 Å². The number of carbonyl (C=O) groups is 2. The third kappa shape index (κ3) is 5.65. The lowest BCUT2D eigenvalue weighted by molar-refractivity contribution is -0.192. The summed E-state index contributed by atoms with van der Waals surface area (Å²) in [6.07, 6.45) is 2.59. The van der Waals surface area contributed by atoms with Gasteiger partial charge in [0.25, 0.3) is 5.91 Å². The summed E-state index contributed by atoms with van der Waals surface area (Å²) >= 11 is 0. The van der Waals surface area contributed by atoms with Gasteiger partial charge in [0, 0.05) is 31.2 Å². The number of aliphatic carboxylic acids is 1. The van der Waals surface area contributed by atoms with Gasteiger partial charge in [-0.15, -0.1) is 0 Å². The van der Waals surface area contributed by atoms with Crippen molar-refractivity contribution in [1.29, 1.82) is 0 Å². The Labute approximate surface area is 179 Å². The molecule has 0 radical (unpaired) electrons. The van der Waals surface area contributed by atoms with Crippen LogP contribution in [0.1, 0.15) is 21.9 Å². The van der Waals surface area contributed by atoms with Gasteiger partial charge < -0.3 is 14.8 Å². The van der Waals surface area contributed by atoms with Crippen molar-refractivity contribution in [3.63, 3.8) is 0 Å². The second-order valence-corrected chi connectivity index (χ2v) is 6.34. The van der Waals surface area contributed by atoms with Crippen molar-refractivity contribution < 1.29 is 27.9 Å². The number of carboxylic acid groups (broad SMARTS) is 1. The number of amides is 1. The van der Waals surface area contributed by atoms with Crippen molar-refractivity contribution in [2.24, 2.45) is 0 Å². The highest BCUT2D eigenvalue weighted by Gasteiger charge is 2.38. The molecule has 164 valence electrons. The largest absolute Gasteiger partial charge is 0.490 e. The van der Waals surface area contributed by atoms with Gasteiger partial charge in [0.15, 0.2) is 5.69 Å². The predicted molar refractivity (Wildman–Crippen MR) is 108 cm³/mol. The first-order chi connectivity index (χ1) is 15.3. The van der Waals surface area contributed by atoms with Crippen molar-refractivity contribution in [2.45, 2.75) is 12.6 Å². The van der Waals surface area contributed by atoms with E-state index < -0.39 is 12.1 Å². The molecule has 32 heavy (non-hydrogen) atoms. The number of carbonyl (C=O) groups excluding carboxylic acids is 1. The number of halogens is 3. The summed E-state index contributed by atoms with van der Waals surface area (Å²) in [6, 6.07) is 14.9. The van der Waals surface area contributed by atoms with Gasteiger partial charge in [0.05, 0.1) is 5.52 Å². The van der Waals surface area contributed by atoms with Crippen LogP contribution in [0.25, 0.3) is 5.52 Å². The van der Waals surface area contributed by atoms with Crippen LogP contribution in [0.3, 0.4) is 0 Å². The van der Waals surface area contributed by atoms with Crippen molar-refractivity contribution in [3.05, 3.63) is 90.4 Å². The van der Waals surface area contributed by atoms with E-state index >= 15 is 0 Å². The standard InChI is InChI=1S/C19H15N5O.C2HF3O2/c25-19(22-16-8-1-3-10-21-16)18-15-7-2-4-11-24(15)17(23-18)12-14-6-5-9-20-13-14;3-2(4,5)1(6)7/h1-11,13H,12H2,(H,21,22,25);(H,6,7). The molecule has 0 aliphatic rings. The number of hydrogen-bond acceptors (Lipinski definition) is 5. The lowest BCUT2D eigenvalue weighted by Crippen LogP contribution is -2.21. The number of nitrogens with one attached hydrogen (secondary N) is 1. The van der Waals surface area contributed by atoms with Crippen LogP contribution in [0.5, 0.6) is 0 Å². The fourth-order valence-electron chi connectivity index (χ4n) is 2.69. The summed E-state index contributed by atoms with van der Waals surface area (Å²) in [6.45, 7) is 0. The number of fused-ring (bicyclic) bond motifs is 1. The minimum atomic E-state index is -5.08. The van der Waals surface area contributed by atoms with Crippen molar-refractivity contribution in [3.8, 4) is 0 Å². The van der Waals surface area contributed by atoms with Crippen LogP contribution < -0.4 is 5.32 Å². The molecule has 4 aromatic heterocycles. The summed E-state index contributed by atoms with van der Waals surface area (Å²) in [5.74, 6) is -1.75. The number of rotatable bonds is 4. The van der Waals surface area contributed by atoms with Crippen LogP contribution >= 0.6 is 0 Å². The molecule has 4 aromatic rings. The number of alkyl halides is 3. The number of hydrogen-bond donors (Lipinski definition) is 2. The lowest BCUT2D eigenvalue weighted by atomic mass is 10.2. The average Bonchev–Trinajstić information content (AvgIpc) is 3.14. The topological polar surface area (TPSA) is 109 Å². The molecule has 0 spiro atoms. The molecule has 0 saturated heterocycles. The lowest BCUT2D eigenvalue weighted by Gasteiger charge is -2.02. The Hall–Kier alpha value is -4.28. The predicted octanol–water partition coefficient (Wildman–Crippen LogP) is 3.60. The summed E-state index contributed by atoms with van der Waals surface area (Å²) < 4.78 is 33.7. The van der Waals surface area contributed by atoms with Crippen LogP contribution in [-0.2, 0) is 11.2 Å². The molecule has 0 aliphatic carbocycles. The van der Waals surface area contributed by atoms with E-state index in [2.05, 4.69) is 20.3 Å². The van der Waals surface area contributed by atoms with E-state index in [1.807, 2.05) is 47.0 Å². The first kappa shape index (κ1) is 22.4. The maximum Gasteiger partial charge on any atom is 0.490 e. The van der Waals surface area contributed by atoms with Gasteiger partial charge in [-0.25, -0.2) is 14.8 Å². The van der Waals surface area contributed by atoms with E-state index in [0.717, 1.165) is 16.9 Å².